The largest absolute Gasteiger partial charge is 0.394 e. The molecule has 59 heavy (non-hydrogen) atoms. The smallest absolute Gasteiger partial charge is 0.253 e. The third kappa shape index (κ3) is 15.3. The number of benzene rings is 2. The highest BCUT2D eigenvalue weighted by Gasteiger charge is 2.33. The number of rotatable bonds is 21. The number of anilines is 2. The van der Waals surface area contributed by atoms with Gasteiger partial charge in [0, 0.05) is 47.2 Å². The standard InChI is InChI=1S/C34H42I6N6O13/c1-13(50)45-29-25(37)19(23(35)20(26(29)38)33(58)43-7-17(54)11-48)32(57)42-6-16(53)9-46(14(2)51)30-27(39)21(31(56)41-5-3-4-15(52)10-47)24(36)22(28(30)40)34(59)44-8-18(55)12-49/h15-18,47-49,52-55H,3-12H2,1-2H3,(H,41,56)(H,42,57)(H,43,58)(H,44,59)(H,45,50). The van der Waals surface area contributed by atoms with Crippen LogP contribution in [0.2, 0.25) is 0 Å². The minimum atomic E-state index is -1.46. The van der Waals surface area contributed by atoms with E-state index in [0.717, 1.165) is 4.90 Å². The fourth-order valence-electron chi connectivity index (χ4n) is 5.03. The van der Waals surface area contributed by atoms with Gasteiger partial charge < -0.3 is 67.2 Å². The van der Waals surface area contributed by atoms with Crippen molar-refractivity contribution in [3.8, 4) is 0 Å². The van der Waals surface area contributed by atoms with Crippen LogP contribution in [0.15, 0.2) is 0 Å². The van der Waals surface area contributed by atoms with E-state index in [0.29, 0.717) is 9.99 Å². The summed E-state index contributed by atoms with van der Waals surface area (Å²) in [4.78, 5) is 80.9. The van der Waals surface area contributed by atoms with Crippen LogP contribution in [0.25, 0.3) is 0 Å². The molecule has 328 valence electrons. The van der Waals surface area contributed by atoms with Gasteiger partial charge in [-0.25, -0.2) is 0 Å². The van der Waals surface area contributed by atoms with Crippen LogP contribution >= 0.6 is 136 Å². The molecule has 4 atom stereocenters. The first kappa shape index (κ1) is 54.5. The molecule has 0 saturated carbocycles. The lowest BCUT2D eigenvalue weighted by Crippen LogP contribution is -2.44. The van der Waals surface area contributed by atoms with Gasteiger partial charge in [0.2, 0.25) is 11.8 Å². The molecule has 0 heterocycles. The molecule has 25 heteroatoms. The molecule has 12 N–H and O–H groups in total. The molecule has 0 fully saturated rings. The zero-order valence-corrected chi connectivity index (χ0v) is 44.1. The Kier molecular flexibility index (Phi) is 24.2. The number of carbonyl (C=O) groups excluding carboxylic acids is 6. The first-order chi connectivity index (χ1) is 27.6. The Labute approximate surface area is 420 Å². The number of nitrogens with zero attached hydrogens (tertiary/aromatic N) is 1. The Morgan fingerprint density at radius 2 is 0.915 bits per heavy atom. The highest BCUT2D eigenvalue weighted by atomic mass is 127. The second-order valence-corrected chi connectivity index (χ2v) is 19.1. The zero-order valence-electron chi connectivity index (χ0n) is 31.2. The lowest BCUT2D eigenvalue weighted by molar-refractivity contribution is -0.117. The number of hydrogen-bond donors (Lipinski definition) is 12. The van der Waals surface area contributed by atoms with Crippen LogP contribution in [-0.2, 0) is 9.59 Å². The van der Waals surface area contributed by atoms with Crippen LogP contribution in [0.1, 0.15) is 68.1 Å². The first-order valence-electron chi connectivity index (χ1n) is 17.3. The normalized spacial score (nSPS) is 13.1. The number of nitrogens with one attached hydrogen (secondary N) is 5. The van der Waals surface area contributed by atoms with E-state index in [-0.39, 0.29) is 77.5 Å². The fourth-order valence-corrected chi connectivity index (χ4v) is 14.2. The maximum absolute atomic E-state index is 13.8. The van der Waals surface area contributed by atoms with Crippen molar-refractivity contribution in [2.24, 2.45) is 0 Å². The molecule has 4 unspecified atom stereocenters. The quantitative estimate of drug-likeness (QED) is 0.0598. The van der Waals surface area contributed by atoms with Crippen molar-refractivity contribution >= 4 is 182 Å². The number of aliphatic hydroxyl groups excluding tert-OH is 7. The maximum Gasteiger partial charge on any atom is 0.253 e. The van der Waals surface area contributed by atoms with Gasteiger partial charge in [-0.05, 0) is 148 Å². The van der Waals surface area contributed by atoms with Gasteiger partial charge in [0.25, 0.3) is 23.6 Å². The van der Waals surface area contributed by atoms with Crippen LogP contribution in [-0.4, -0.2) is 148 Å². The minimum absolute atomic E-state index is 0.00474. The van der Waals surface area contributed by atoms with Gasteiger partial charge in [0.15, 0.2) is 0 Å². The molecule has 0 bridgehead atoms. The summed E-state index contributed by atoms with van der Waals surface area (Å²) >= 11 is 11.0. The number of hydrogen-bond acceptors (Lipinski definition) is 13. The van der Waals surface area contributed by atoms with E-state index in [4.69, 9.17) is 5.11 Å². The molecule has 0 spiro atoms. The lowest BCUT2D eigenvalue weighted by Gasteiger charge is -2.29. The van der Waals surface area contributed by atoms with E-state index in [1.165, 1.54) is 13.8 Å². The molecule has 0 aliphatic carbocycles. The average molecular weight is 1500 g/mol. The predicted molar refractivity (Wildman–Crippen MR) is 265 cm³/mol. The summed E-state index contributed by atoms with van der Waals surface area (Å²) in [5.41, 5.74) is 0.201. The molecule has 2 aromatic carbocycles. The molecule has 2 rings (SSSR count). The van der Waals surface area contributed by atoms with E-state index in [1.807, 2.05) is 113 Å². The molecular weight excluding hydrogens is 1460 g/mol. The lowest BCUT2D eigenvalue weighted by atomic mass is 10.1. The molecule has 0 aliphatic heterocycles. The molecule has 0 saturated heterocycles. The Hall–Kier alpha value is -0.640. The van der Waals surface area contributed by atoms with Crippen molar-refractivity contribution in [2.45, 2.75) is 51.1 Å². The number of halogens is 6. The Balaban J connectivity index is 2.58. The van der Waals surface area contributed by atoms with Crippen LogP contribution in [0.5, 0.6) is 0 Å². The molecular formula is C34H42I6N6O13. The Bertz CT molecular complexity index is 1910. The first-order valence-corrected chi connectivity index (χ1v) is 23.8. The molecule has 0 radical (unpaired) electrons. The molecule has 2 aromatic rings. The fraction of sp³-hybridized carbons (Fsp3) is 0.471. The van der Waals surface area contributed by atoms with Gasteiger partial charge >= 0.3 is 0 Å². The van der Waals surface area contributed by atoms with Crippen molar-refractivity contribution in [3.63, 3.8) is 0 Å². The average Bonchev–Trinajstić information content (AvgIpc) is 3.17. The molecule has 6 amide bonds. The molecule has 0 aliphatic rings. The number of amides is 6. The van der Waals surface area contributed by atoms with E-state index in [1.54, 1.807) is 22.6 Å². The number of carbonyl (C=O) groups is 6. The molecule has 19 nitrogen and oxygen atoms in total. The van der Waals surface area contributed by atoms with Gasteiger partial charge in [-0.2, -0.15) is 0 Å². The SMILES string of the molecule is CC(=O)Nc1c(I)c(C(=O)NCC(O)CO)c(I)c(C(=O)NCC(O)CN(C(C)=O)c2c(I)c(C(=O)NCCCC(O)CO)c(I)c(C(=O)NCC(O)CO)c2I)c1I. The topological polar surface area (TPSA) is 307 Å². The Morgan fingerprint density at radius 1 is 0.542 bits per heavy atom. The van der Waals surface area contributed by atoms with Crippen molar-refractivity contribution in [3.05, 3.63) is 43.7 Å². The third-order valence-corrected chi connectivity index (χ3v) is 14.4. The van der Waals surface area contributed by atoms with Crippen LogP contribution in [0, 0.1) is 21.4 Å². The summed E-state index contributed by atoms with van der Waals surface area (Å²) in [5, 5.41) is 81.2. The van der Waals surface area contributed by atoms with Gasteiger partial charge in [0.05, 0.1) is 98.7 Å². The highest BCUT2D eigenvalue weighted by Crippen LogP contribution is 2.39. The van der Waals surface area contributed by atoms with Crippen LogP contribution in [0.4, 0.5) is 11.4 Å². The number of aliphatic hydroxyl groups is 7. The van der Waals surface area contributed by atoms with E-state index in [2.05, 4.69) is 26.6 Å². The molecule has 0 aromatic heterocycles. The second kappa shape index (κ2) is 26.2. The van der Waals surface area contributed by atoms with E-state index in [9.17, 15) is 59.4 Å². The van der Waals surface area contributed by atoms with Gasteiger partial charge in [0.1, 0.15) is 0 Å². The summed E-state index contributed by atoms with van der Waals surface area (Å²) in [6, 6.07) is 0. The van der Waals surface area contributed by atoms with Gasteiger partial charge in [-0.3, -0.25) is 28.8 Å². The van der Waals surface area contributed by atoms with Crippen molar-refractivity contribution in [1.82, 2.24) is 21.3 Å². The maximum atomic E-state index is 13.8. The van der Waals surface area contributed by atoms with Crippen molar-refractivity contribution in [2.75, 3.05) is 62.8 Å². The van der Waals surface area contributed by atoms with Crippen LogP contribution in [0.3, 0.4) is 0 Å². The highest BCUT2D eigenvalue weighted by molar-refractivity contribution is 14.1. The summed E-state index contributed by atoms with van der Waals surface area (Å²) in [7, 11) is 0. The Morgan fingerprint density at radius 3 is 1.29 bits per heavy atom. The van der Waals surface area contributed by atoms with Crippen LogP contribution < -0.4 is 31.5 Å². The zero-order chi connectivity index (χ0) is 44.9. The summed E-state index contributed by atoms with van der Waals surface area (Å²) < 4.78 is 1.37. The predicted octanol–water partition coefficient (Wildman–Crippen LogP) is 0.446. The summed E-state index contributed by atoms with van der Waals surface area (Å²) in [6.45, 7) is -0.706. The minimum Gasteiger partial charge on any atom is -0.394 e. The van der Waals surface area contributed by atoms with Gasteiger partial charge in [-0.15, -0.1) is 0 Å². The summed E-state index contributed by atoms with van der Waals surface area (Å²) in [5.74, 6) is -3.92. The van der Waals surface area contributed by atoms with Gasteiger partial charge in [-0.1, -0.05) is 0 Å². The van der Waals surface area contributed by atoms with Crippen molar-refractivity contribution in [1.29, 1.82) is 0 Å². The second-order valence-electron chi connectivity index (χ2n) is 12.6. The van der Waals surface area contributed by atoms with E-state index < -0.39 is 92.8 Å². The monoisotopic (exact) mass is 1500 g/mol. The third-order valence-electron chi connectivity index (χ3n) is 7.99. The van der Waals surface area contributed by atoms with Crippen molar-refractivity contribution < 1.29 is 64.5 Å². The summed E-state index contributed by atoms with van der Waals surface area (Å²) in [6.07, 6.45) is -4.47. The van der Waals surface area contributed by atoms with E-state index >= 15 is 0 Å².